The molecule has 1 aromatic carbocycles. The highest BCUT2D eigenvalue weighted by Gasteiger charge is 2.11. The van der Waals surface area contributed by atoms with Crippen LogP contribution in [0.25, 0.3) is 0 Å². The van der Waals surface area contributed by atoms with Crippen LogP contribution in [0.3, 0.4) is 0 Å². The summed E-state index contributed by atoms with van der Waals surface area (Å²) in [6, 6.07) is 10.9. The van der Waals surface area contributed by atoms with E-state index >= 15 is 0 Å². The Hall–Kier alpha value is -1.39. The van der Waals surface area contributed by atoms with Gasteiger partial charge in [-0.15, -0.1) is 0 Å². The van der Waals surface area contributed by atoms with Gasteiger partial charge in [-0.1, -0.05) is 12.1 Å². The lowest BCUT2D eigenvalue weighted by Gasteiger charge is -2.11. The van der Waals surface area contributed by atoms with E-state index in [-0.39, 0.29) is 0 Å². The minimum absolute atomic E-state index is 0.623. The number of benzene rings is 1. The number of aliphatic hydroxyl groups is 1. The molecule has 88 valence electrons. The Bertz CT molecular complexity index is 482. The molecule has 1 atom stereocenters. The third-order valence-corrected chi connectivity index (χ3v) is 2.93. The van der Waals surface area contributed by atoms with Crippen molar-refractivity contribution in [1.82, 2.24) is 4.98 Å². The molecule has 1 heterocycles. The average molecular weight is 294 g/mol. The van der Waals surface area contributed by atoms with Crippen molar-refractivity contribution in [3.63, 3.8) is 0 Å². The summed E-state index contributed by atoms with van der Waals surface area (Å²) >= 11 is 3.31. The molecule has 1 aromatic heterocycles. The van der Waals surface area contributed by atoms with E-state index in [0.717, 1.165) is 15.8 Å². The highest BCUT2D eigenvalue weighted by Crippen LogP contribution is 2.23. The van der Waals surface area contributed by atoms with Gasteiger partial charge in [0, 0.05) is 10.7 Å². The van der Waals surface area contributed by atoms with Crippen LogP contribution in [0.5, 0.6) is 5.75 Å². The third-order valence-electron chi connectivity index (χ3n) is 2.46. The van der Waals surface area contributed by atoms with E-state index in [4.69, 9.17) is 4.74 Å². The fourth-order valence-corrected chi connectivity index (χ4v) is 1.74. The van der Waals surface area contributed by atoms with Gasteiger partial charge in [0.1, 0.15) is 11.9 Å². The van der Waals surface area contributed by atoms with E-state index in [1.54, 1.807) is 19.4 Å². The van der Waals surface area contributed by atoms with Crippen molar-refractivity contribution in [2.24, 2.45) is 0 Å². The zero-order valence-electron chi connectivity index (χ0n) is 9.30. The molecule has 3 nitrogen and oxygen atoms in total. The molecular formula is C13H12BrNO2. The van der Waals surface area contributed by atoms with Crippen molar-refractivity contribution in [3.05, 3.63) is 58.3 Å². The maximum absolute atomic E-state index is 10.1. The van der Waals surface area contributed by atoms with Crippen molar-refractivity contribution in [3.8, 4) is 5.75 Å². The van der Waals surface area contributed by atoms with Crippen molar-refractivity contribution in [1.29, 1.82) is 0 Å². The van der Waals surface area contributed by atoms with E-state index in [1.165, 1.54) is 0 Å². The number of hydrogen-bond acceptors (Lipinski definition) is 3. The SMILES string of the molecule is COc1ccc(C(O)c2ccc(Br)cn2)cc1. The number of rotatable bonds is 3. The molecular weight excluding hydrogens is 282 g/mol. The topological polar surface area (TPSA) is 42.4 Å². The van der Waals surface area contributed by atoms with Crippen LogP contribution in [0.2, 0.25) is 0 Å². The smallest absolute Gasteiger partial charge is 0.121 e. The van der Waals surface area contributed by atoms with Crippen molar-refractivity contribution in [2.45, 2.75) is 6.10 Å². The van der Waals surface area contributed by atoms with E-state index in [0.29, 0.717) is 5.69 Å². The summed E-state index contributed by atoms with van der Waals surface area (Å²) in [5.74, 6) is 0.768. The van der Waals surface area contributed by atoms with E-state index in [1.807, 2.05) is 30.3 Å². The summed E-state index contributed by atoms with van der Waals surface area (Å²) in [6.07, 6.45) is 0.955. The second-order valence-electron chi connectivity index (χ2n) is 3.58. The normalized spacial score (nSPS) is 12.2. The molecule has 1 N–H and O–H groups in total. The van der Waals surface area contributed by atoms with Gasteiger partial charge >= 0.3 is 0 Å². The fourth-order valence-electron chi connectivity index (χ4n) is 1.51. The van der Waals surface area contributed by atoms with Crippen LogP contribution in [-0.2, 0) is 0 Å². The lowest BCUT2D eigenvalue weighted by molar-refractivity contribution is 0.215. The summed E-state index contributed by atoms with van der Waals surface area (Å²) in [7, 11) is 1.61. The van der Waals surface area contributed by atoms with E-state index in [9.17, 15) is 5.11 Å². The van der Waals surface area contributed by atoms with Crippen LogP contribution in [0.1, 0.15) is 17.4 Å². The van der Waals surface area contributed by atoms with Crippen LogP contribution >= 0.6 is 15.9 Å². The largest absolute Gasteiger partial charge is 0.497 e. The van der Waals surface area contributed by atoms with Gasteiger partial charge in [-0.05, 0) is 45.8 Å². The first-order chi connectivity index (χ1) is 8.20. The van der Waals surface area contributed by atoms with Crippen LogP contribution in [0.4, 0.5) is 0 Å². The minimum Gasteiger partial charge on any atom is -0.497 e. The number of aliphatic hydroxyl groups excluding tert-OH is 1. The van der Waals surface area contributed by atoms with E-state index in [2.05, 4.69) is 20.9 Å². The average Bonchev–Trinajstić information content (AvgIpc) is 2.39. The summed E-state index contributed by atoms with van der Waals surface area (Å²) in [6.45, 7) is 0. The van der Waals surface area contributed by atoms with E-state index < -0.39 is 6.10 Å². The molecule has 0 saturated heterocycles. The zero-order valence-corrected chi connectivity index (χ0v) is 10.9. The molecule has 0 spiro atoms. The van der Waals surface area contributed by atoms with Gasteiger partial charge < -0.3 is 9.84 Å². The number of halogens is 1. The second-order valence-corrected chi connectivity index (χ2v) is 4.49. The first-order valence-electron chi connectivity index (χ1n) is 5.14. The maximum Gasteiger partial charge on any atom is 0.121 e. The number of ether oxygens (including phenoxy) is 1. The summed E-state index contributed by atoms with van der Waals surface area (Å²) in [5.41, 5.74) is 1.42. The molecule has 0 aliphatic heterocycles. The monoisotopic (exact) mass is 293 g/mol. The van der Waals surface area contributed by atoms with Gasteiger partial charge in [0.2, 0.25) is 0 Å². The summed E-state index contributed by atoms with van der Waals surface area (Å²) in [5, 5.41) is 10.1. The van der Waals surface area contributed by atoms with Gasteiger partial charge in [0.15, 0.2) is 0 Å². The Balaban J connectivity index is 2.23. The summed E-state index contributed by atoms with van der Waals surface area (Å²) < 4.78 is 5.96. The fraction of sp³-hybridized carbons (Fsp3) is 0.154. The van der Waals surface area contributed by atoms with Gasteiger partial charge in [0.05, 0.1) is 12.8 Å². The number of nitrogens with zero attached hydrogens (tertiary/aromatic N) is 1. The lowest BCUT2D eigenvalue weighted by atomic mass is 10.1. The van der Waals surface area contributed by atoms with Crippen molar-refractivity contribution in [2.75, 3.05) is 7.11 Å². The predicted octanol–water partition coefficient (Wildman–Crippen LogP) is 2.93. The molecule has 4 heteroatoms. The lowest BCUT2D eigenvalue weighted by Crippen LogP contribution is -2.01. The van der Waals surface area contributed by atoms with Crippen LogP contribution in [-0.4, -0.2) is 17.2 Å². The molecule has 0 amide bonds. The Morgan fingerprint density at radius 3 is 2.41 bits per heavy atom. The van der Waals surface area contributed by atoms with Gasteiger partial charge in [-0.25, -0.2) is 0 Å². The zero-order chi connectivity index (χ0) is 12.3. The predicted molar refractivity (Wildman–Crippen MR) is 69.0 cm³/mol. The third kappa shape index (κ3) is 2.84. The molecule has 0 fully saturated rings. The Morgan fingerprint density at radius 1 is 1.18 bits per heavy atom. The molecule has 17 heavy (non-hydrogen) atoms. The highest BCUT2D eigenvalue weighted by atomic mass is 79.9. The van der Waals surface area contributed by atoms with Crippen molar-refractivity contribution >= 4 is 15.9 Å². The Morgan fingerprint density at radius 2 is 1.88 bits per heavy atom. The van der Waals surface area contributed by atoms with Crippen molar-refractivity contribution < 1.29 is 9.84 Å². The van der Waals surface area contributed by atoms with Crippen LogP contribution in [0, 0.1) is 0 Å². The molecule has 2 rings (SSSR count). The van der Waals surface area contributed by atoms with Gasteiger partial charge in [-0.3, -0.25) is 4.98 Å². The summed E-state index contributed by atoms with van der Waals surface area (Å²) in [4.78, 5) is 4.17. The Kier molecular flexibility index (Phi) is 3.76. The molecule has 2 aromatic rings. The molecule has 0 radical (unpaired) electrons. The Labute approximate surface area is 108 Å². The number of aromatic nitrogens is 1. The molecule has 0 bridgehead atoms. The standard InChI is InChI=1S/C13H12BrNO2/c1-17-11-5-2-9(3-6-11)13(16)12-7-4-10(14)8-15-12/h2-8,13,16H,1H3. The molecule has 0 aliphatic rings. The highest BCUT2D eigenvalue weighted by molar-refractivity contribution is 9.10. The van der Waals surface area contributed by atoms with Crippen LogP contribution < -0.4 is 4.74 Å². The number of pyridine rings is 1. The van der Waals surface area contributed by atoms with Crippen LogP contribution in [0.15, 0.2) is 47.1 Å². The first kappa shape index (κ1) is 12.1. The second kappa shape index (κ2) is 5.29. The molecule has 0 saturated carbocycles. The first-order valence-corrected chi connectivity index (χ1v) is 5.93. The number of hydrogen-bond donors (Lipinski definition) is 1. The minimum atomic E-state index is -0.714. The maximum atomic E-state index is 10.1. The molecule has 1 unspecified atom stereocenters. The quantitative estimate of drug-likeness (QED) is 0.946. The number of methoxy groups -OCH3 is 1. The van der Waals surface area contributed by atoms with Gasteiger partial charge in [-0.2, -0.15) is 0 Å². The van der Waals surface area contributed by atoms with Gasteiger partial charge in [0.25, 0.3) is 0 Å². The molecule has 0 aliphatic carbocycles.